The van der Waals surface area contributed by atoms with Crippen LogP contribution in [0.4, 0.5) is 5.69 Å². The van der Waals surface area contributed by atoms with Gasteiger partial charge in [0.15, 0.2) is 0 Å². The molecule has 8 nitrogen and oxygen atoms in total. The Morgan fingerprint density at radius 3 is 2.65 bits per heavy atom. The highest BCUT2D eigenvalue weighted by Gasteiger charge is 2.34. The summed E-state index contributed by atoms with van der Waals surface area (Å²) in [5.41, 5.74) is 2.19. The van der Waals surface area contributed by atoms with Crippen LogP contribution in [0.2, 0.25) is 0 Å². The van der Waals surface area contributed by atoms with Crippen LogP contribution in [0.5, 0.6) is 5.75 Å². The SMILES string of the molecule is COc1ccc(N2C[C@@H](C(=O)NCCNC(=O)c3ccc4cc[nH]c4c3)CC2=O)cc1. The normalized spacial score (nSPS) is 15.8. The Morgan fingerprint density at radius 1 is 1.10 bits per heavy atom. The smallest absolute Gasteiger partial charge is 0.251 e. The minimum Gasteiger partial charge on any atom is -0.497 e. The molecule has 3 amide bonds. The molecule has 0 radical (unpaired) electrons. The Bertz CT molecular complexity index is 1110. The molecule has 1 aliphatic rings. The van der Waals surface area contributed by atoms with Crippen molar-refractivity contribution < 1.29 is 19.1 Å². The first-order valence-electron chi connectivity index (χ1n) is 10.1. The number of aromatic amines is 1. The van der Waals surface area contributed by atoms with E-state index in [9.17, 15) is 14.4 Å². The van der Waals surface area contributed by atoms with Gasteiger partial charge in [-0.3, -0.25) is 14.4 Å². The van der Waals surface area contributed by atoms with Crippen molar-refractivity contribution in [2.45, 2.75) is 6.42 Å². The number of amides is 3. The number of methoxy groups -OCH3 is 1. The van der Waals surface area contributed by atoms with Crippen LogP contribution in [0.15, 0.2) is 54.7 Å². The lowest BCUT2D eigenvalue weighted by Gasteiger charge is -2.17. The topological polar surface area (TPSA) is 104 Å². The van der Waals surface area contributed by atoms with E-state index in [0.29, 0.717) is 30.9 Å². The number of benzene rings is 2. The molecule has 2 aromatic carbocycles. The summed E-state index contributed by atoms with van der Waals surface area (Å²) in [7, 11) is 1.58. The number of hydrogen-bond acceptors (Lipinski definition) is 4. The molecule has 1 saturated heterocycles. The van der Waals surface area contributed by atoms with Gasteiger partial charge in [0, 0.05) is 49.0 Å². The van der Waals surface area contributed by atoms with Crippen LogP contribution in [0, 0.1) is 5.92 Å². The minimum absolute atomic E-state index is 0.0849. The van der Waals surface area contributed by atoms with E-state index in [1.807, 2.05) is 18.3 Å². The number of aromatic nitrogens is 1. The van der Waals surface area contributed by atoms with Crippen LogP contribution in [0.3, 0.4) is 0 Å². The molecule has 4 rings (SSSR count). The Morgan fingerprint density at radius 2 is 1.87 bits per heavy atom. The maximum atomic E-state index is 12.5. The van der Waals surface area contributed by atoms with Crippen LogP contribution < -0.4 is 20.3 Å². The van der Waals surface area contributed by atoms with Crippen molar-refractivity contribution in [3.63, 3.8) is 0 Å². The summed E-state index contributed by atoms with van der Waals surface area (Å²) < 4.78 is 5.13. The molecule has 0 bridgehead atoms. The highest BCUT2D eigenvalue weighted by Crippen LogP contribution is 2.26. The van der Waals surface area contributed by atoms with Crippen molar-refractivity contribution in [1.29, 1.82) is 0 Å². The number of hydrogen-bond donors (Lipinski definition) is 3. The Kier molecular flexibility index (Phi) is 5.88. The highest BCUT2D eigenvalue weighted by molar-refractivity contribution is 6.00. The molecular formula is C23H24N4O4. The zero-order valence-electron chi connectivity index (χ0n) is 17.2. The molecule has 0 aliphatic carbocycles. The standard InChI is InChI=1S/C23H24N4O4/c1-31-19-6-4-18(5-7-19)27-14-17(13-21(27)28)23(30)26-11-10-25-22(29)16-3-2-15-8-9-24-20(15)12-16/h2-9,12,17,24H,10-11,13-14H2,1H3,(H,25,29)(H,26,30)/t17-/m0/s1. The van der Waals surface area contributed by atoms with Crippen molar-refractivity contribution >= 4 is 34.3 Å². The van der Waals surface area contributed by atoms with E-state index in [4.69, 9.17) is 4.74 Å². The van der Waals surface area contributed by atoms with E-state index < -0.39 is 5.92 Å². The molecule has 2 heterocycles. The summed E-state index contributed by atoms with van der Waals surface area (Å²) in [6.07, 6.45) is 1.99. The highest BCUT2D eigenvalue weighted by atomic mass is 16.5. The van der Waals surface area contributed by atoms with Gasteiger partial charge in [-0.2, -0.15) is 0 Å². The zero-order valence-corrected chi connectivity index (χ0v) is 17.2. The molecule has 0 saturated carbocycles. The van der Waals surface area contributed by atoms with Gasteiger partial charge < -0.3 is 25.3 Å². The Hall–Kier alpha value is -3.81. The first kappa shape index (κ1) is 20.5. The third-order valence-corrected chi connectivity index (χ3v) is 5.41. The maximum Gasteiger partial charge on any atom is 0.251 e. The monoisotopic (exact) mass is 420 g/mol. The van der Waals surface area contributed by atoms with E-state index in [2.05, 4.69) is 15.6 Å². The van der Waals surface area contributed by atoms with E-state index in [0.717, 1.165) is 16.6 Å². The second kappa shape index (κ2) is 8.91. The van der Waals surface area contributed by atoms with Crippen molar-refractivity contribution in [3.05, 3.63) is 60.3 Å². The van der Waals surface area contributed by atoms with Gasteiger partial charge in [-0.1, -0.05) is 6.07 Å². The van der Waals surface area contributed by atoms with Gasteiger partial charge in [0.25, 0.3) is 5.91 Å². The lowest BCUT2D eigenvalue weighted by atomic mass is 10.1. The van der Waals surface area contributed by atoms with Crippen LogP contribution >= 0.6 is 0 Å². The fraction of sp³-hybridized carbons (Fsp3) is 0.261. The molecule has 1 aliphatic heterocycles. The average molecular weight is 420 g/mol. The van der Waals surface area contributed by atoms with E-state index >= 15 is 0 Å². The molecule has 1 atom stereocenters. The van der Waals surface area contributed by atoms with Gasteiger partial charge in [-0.15, -0.1) is 0 Å². The number of anilines is 1. The number of rotatable bonds is 7. The van der Waals surface area contributed by atoms with Crippen molar-refractivity contribution in [2.75, 3.05) is 31.6 Å². The summed E-state index contributed by atoms with van der Waals surface area (Å²) in [6.45, 7) is 0.929. The predicted octanol–water partition coefficient (Wildman–Crippen LogP) is 2.08. The van der Waals surface area contributed by atoms with E-state index in [1.54, 1.807) is 48.4 Å². The molecule has 1 aromatic heterocycles. The number of carbonyl (C=O) groups is 3. The Labute approximate surface area is 179 Å². The summed E-state index contributed by atoms with van der Waals surface area (Å²) in [5, 5.41) is 6.65. The first-order valence-corrected chi connectivity index (χ1v) is 10.1. The first-order chi connectivity index (χ1) is 15.0. The molecule has 1 fully saturated rings. The third-order valence-electron chi connectivity index (χ3n) is 5.41. The fourth-order valence-electron chi connectivity index (χ4n) is 3.69. The van der Waals surface area contributed by atoms with Crippen LogP contribution in [-0.2, 0) is 9.59 Å². The second-order valence-corrected chi connectivity index (χ2v) is 7.43. The fourth-order valence-corrected chi connectivity index (χ4v) is 3.69. The van der Waals surface area contributed by atoms with Crippen LogP contribution in [-0.4, -0.2) is 49.4 Å². The molecule has 160 valence electrons. The summed E-state index contributed by atoms with van der Waals surface area (Å²) in [4.78, 5) is 41.8. The van der Waals surface area contributed by atoms with Gasteiger partial charge in [-0.05, 0) is 47.9 Å². The number of nitrogens with zero attached hydrogens (tertiary/aromatic N) is 1. The third kappa shape index (κ3) is 4.53. The number of H-pyrrole nitrogens is 1. The molecule has 0 spiro atoms. The van der Waals surface area contributed by atoms with E-state index in [1.165, 1.54) is 0 Å². The number of fused-ring (bicyclic) bond motifs is 1. The molecule has 8 heteroatoms. The zero-order chi connectivity index (χ0) is 21.8. The molecule has 31 heavy (non-hydrogen) atoms. The van der Waals surface area contributed by atoms with Crippen molar-refractivity contribution in [1.82, 2.24) is 15.6 Å². The average Bonchev–Trinajstić information content (AvgIpc) is 3.42. The summed E-state index contributed by atoms with van der Waals surface area (Å²) in [6, 6.07) is 14.6. The number of ether oxygens (including phenoxy) is 1. The molecule has 3 aromatic rings. The summed E-state index contributed by atoms with van der Waals surface area (Å²) >= 11 is 0. The minimum atomic E-state index is -0.416. The number of carbonyl (C=O) groups excluding carboxylic acids is 3. The van der Waals surface area contributed by atoms with Crippen molar-refractivity contribution in [3.8, 4) is 5.75 Å². The quantitative estimate of drug-likeness (QED) is 0.509. The molecule has 0 unspecified atom stereocenters. The van der Waals surface area contributed by atoms with Crippen molar-refractivity contribution in [2.24, 2.45) is 5.92 Å². The van der Waals surface area contributed by atoms with E-state index in [-0.39, 0.29) is 24.1 Å². The van der Waals surface area contributed by atoms with Crippen LogP contribution in [0.25, 0.3) is 10.9 Å². The lowest BCUT2D eigenvalue weighted by Crippen LogP contribution is -2.38. The second-order valence-electron chi connectivity index (χ2n) is 7.43. The van der Waals surface area contributed by atoms with Crippen LogP contribution in [0.1, 0.15) is 16.8 Å². The molecular weight excluding hydrogens is 396 g/mol. The van der Waals surface area contributed by atoms with Gasteiger partial charge in [-0.25, -0.2) is 0 Å². The van der Waals surface area contributed by atoms with Gasteiger partial charge in [0.1, 0.15) is 5.75 Å². The lowest BCUT2D eigenvalue weighted by molar-refractivity contribution is -0.126. The maximum absolute atomic E-state index is 12.5. The van der Waals surface area contributed by atoms with Gasteiger partial charge >= 0.3 is 0 Å². The van der Waals surface area contributed by atoms with Gasteiger partial charge in [0.2, 0.25) is 11.8 Å². The summed E-state index contributed by atoms with van der Waals surface area (Å²) in [5.74, 6) is -0.183. The number of nitrogens with one attached hydrogen (secondary N) is 3. The predicted molar refractivity (Wildman–Crippen MR) is 117 cm³/mol. The molecule has 3 N–H and O–H groups in total. The largest absolute Gasteiger partial charge is 0.497 e. The Balaban J connectivity index is 1.24. The van der Waals surface area contributed by atoms with Gasteiger partial charge in [0.05, 0.1) is 13.0 Å².